The molecule has 1 saturated carbocycles. The van der Waals surface area contributed by atoms with Crippen molar-refractivity contribution in [2.24, 2.45) is 5.92 Å². The Morgan fingerprint density at radius 2 is 2.38 bits per heavy atom. The van der Waals surface area contributed by atoms with Crippen molar-refractivity contribution >= 4 is 76.8 Å². The van der Waals surface area contributed by atoms with Crippen molar-refractivity contribution in [3.05, 3.63) is 17.4 Å². The molecule has 2 fully saturated rings. The first-order valence-electron chi connectivity index (χ1n) is 10.0. The number of hydrogen-bond donors (Lipinski definition) is 1. The van der Waals surface area contributed by atoms with Gasteiger partial charge in [-0.2, -0.15) is 4.98 Å². The molecule has 157 valence electrons. The van der Waals surface area contributed by atoms with E-state index < -0.39 is 13.6 Å². The van der Waals surface area contributed by atoms with Crippen molar-refractivity contribution in [3.63, 3.8) is 0 Å². The van der Waals surface area contributed by atoms with Gasteiger partial charge in [0.05, 0.1) is 24.1 Å². The molecule has 2 aliphatic rings. The molecule has 1 aliphatic heterocycles. The molecule has 0 spiro atoms. The number of fused-ring (bicyclic) bond motifs is 2. The maximum absolute atomic E-state index is 7.29. The molecule has 4 rings (SSSR count). The van der Waals surface area contributed by atoms with Crippen LogP contribution in [0.5, 0.6) is 0 Å². The van der Waals surface area contributed by atoms with Crippen molar-refractivity contribution in [2.75, 3.05) is 17.3 Å². The molecule has 0 aromatic carbocycles. The second kappa shape index (κ2) is 10.1. The number of halogens is 2. The summed E-state index contributed by atoms with van der Waals surface area (Å²) in [7, 11) is -0.897. The van der Waals surface area contributed by atoms with E-state index in [1.165, 1.54) is 12.0 Å². The minimum Gasteiger partial charge on any atom is -0.344 e. The van der Waals surface area contributed by atoms with Crippen LogP contribution in [0.1, 0.15) is 26.3 Å². The molecular formula is C16H22BClIN4O3PSV. The minimum absolute atomic E-state index is 0. The zero-order valence-electron chi connectivity index (χ0n) is 17.8. The predicted molar refractivity (Wildman–Crippen MR) is 126 cm³/mol. The van der Waals surface area contributed by atoms with Gasteiger partial charge >= 0.3 is 0 Å². The van der Waals surface area contributed by atoms with E-state index in [2.05, 4.69) is 41.7 Å². The Bertz CT molecular complexity index is 923. The molecule has 5 atom stereocenters. The van der Waals surface area contributed by atoms with Gasteiger partial charge in [0, 0.05) is 37.0 Å². The van der Waals surface area contributed by atoms with Crippen LogP contribution in [-0.4, -0.2) is 55.2 Å². The number of aromatic nitrogens is 3. The number of ether oxygens (including phenoxy) is 2. The summed E-state index contributed by atoms with van der Waals surface area (Å²) in [6.45, 7) is 4.33. The summed E-state index contributed by atoms with van der Waals surface area (Å²) >= 11 is 9.80. The average molecular weight is 609 g/mol. The molecule has 1 N–H and O–H groups in total. The van der Waals surface area contributed by atoms with Crippen LogP contribution in [0, 0.1) is 5.92 Å². The molecule has 3 heterocycles. The standard InChI is InChI=1S/C16H22BClIN4O3PS.V/c1-16(2)25-11-8(6-24-28-7-17)5-10(12(11)26-16)23-4-3-9-13(18)20-15(22-27-19)21-14(9)23;/h3-4,8,10-12,27H,5-7,17H2,1-2H3,(H,20,21,22);/i17TD;. The van der Waals surface area contributed by atoms with Crippen LogP contribution in [0.4, 0.5) is 5.95 Å². The molecule has 0 bridgehead atoms. The van der Waals surface area contributed by atoms with Crippen LogP contribution in [0.3, 0.4) is 0 Å². The van der Waals surface area contributed by atoms with E-state index in [1.807, 2.05) is 26.1 Å². The van der Waals surface area contributed by atoms with Crippen molar-refractivity contribution in [3.8, 4) is 0 Å². The Morgan fingerprint density at radius 3 is 3.14 bits per heavy atom. The molecule has 1 radical (unpaired) electrons. The van der Waals surface area contributed by atoms with E-state index in [1.54, 1.807) is 0 Å². The van der Waals surface area contributed by atoms with Gasteiger partial charge in [-0.3, -0.25) is 0 Å². The predicted octanol–water partition coefficient (Wildman–Crippen LogP) is 3.77. The van der Waals surface area contributed by atoms with Crippen molar-refractivity contribution in [2.45, 2.75) is 44.3 Å². The maximum Gasteiger partial charge on any atom is 0.229 e. The first-order chi connectivity index (χ1) is 14.3. The molecule has 1 aliphatic carbocycles. The largest absolute Gasteiger partial charge is 0.344 e. The van der Waals surface area contributed by atoms with E-state index >= 15 is 0 Å². The first kappa shape index (κ1) is 21.6. The van der Waals surface area contributed by atoms with Crippen molar-refractivity contribution < 1.29 is 32.2 Å². The summed E-state index contributed by atoms with van der Waals surface area (Å²) in [5.74, 6) is -0.0278. The van der Waals surface area contributed by atoms with Gasteiger partial charge in [0.1, 0.15) is 24.7 Å². The molecular weight excluding hydrogens is 583 g/mol. The van der Waals surface area contributed by atoms with Crippen LogP contribution in [0.2, 0.25) is 5.15 Å². The number of anilines is 1. The monoisotopic (exact) mass is 608 g/mol. The SMILES string of the molecule is [2H]B([3H])CSOCC1CC(n2ccc3c(Cl)nc(NPI)nc32)C2OC(C)(C)OC12.[V]. The third-order valence-electron chi connectivity index (χ3n) is 5.03. The van der Waals surface area contributed by atoms with Gasteiger partial charge in [-0.05, 0) is 68.7 Å². The fraction of sp³-hybridized carbons (Fsp3) is 0.625. The molecule has 1 saturated heterocycles. The molecule has 2 aromatic rings. The Hall–Kier alpha value is 0.749. The van der Waals surface area contributed by atoms with Gasteiger partial charge in [0.25, 0.3) is 0 Å². The van der Waals surface area contributed by atoms with E-state index in [0.29, 0.717) is 29.7 Å². The van der Waals surface area contributed by atoms with Gasteiger partial charge in [-0.1, -0.05) is 11.6 Å². The van der Waals surface area contributed by atoms with Gasteiger partial charge < -0.3 is 23.3 Å². The van der Waals surface area contributed by atoms with E-state index in [-0.39, 0.29) is 42.7 Å². The summed E-state index contributed by atoms with van der Waals surface area (Å²) < 4.78 is 34.9. The average Bonchev–Trinajstić information content (AvgIpc) is 3.30. The van der Waals surface area contributed by atoms with Crippen LogP contribution >= 0.6 is 52.1 Å². The van der Waals surface area contributed by atoms with Crippen LogP contribution < -0.4 is 5.09 Å². The summed E-state index contributed by atoms with van der Waals surface area (Å²) in [4.78, 5) is 9.01. The number of nitrogens with zero attached hydrogens (tertiary/aromatic N) is 3. The van der Waals surface area contributed by atoms with Crippen LogP contribution in [0.15, 0.2) is 12.3 Å². The maximum atomic E-state index is 7.29. The third kappa shape index (κ3) is 5.06. The summed E-state index contributed by atoms with van der Waals surface area (Å²) in [6.07, 6.45) is 3.00. The molecule has 0 amide bonds. The summed E-state index contributed by atoms with van der Waals surface area (Å²) in [5, 5.41) is 4.37. The number of rotatable bonds is 8. The normalized spacial score (nSPS) is 29.0. The number of hydrogen-bond acceptors (Lipinski definition) is 7. The fourth-order valence-electron chi connectivity index (χ4n) is 4.04. The van der Waals surface area contributed by atoms with Crippen molar-refractivity contribution in [1.29, 1.82) is 2.67 Å². The topological polar surface area (TPSA) is 70.4 Å². The Kier molecular flexibility index (Phi) is 7.54. The van der Waals surface area contributed by atoms with Gasteiger partial charge in [0.15, 0.2) is 5.79 Å². The minimum atomic E-state index is -0.897. The van der Waals surface area contributed by atoms with Crippen LogP contribution in [-0.2, 0) is 32.2 Å². The zero-order chi connectivity index (χ0) is 21.5. The Balaban J connectivity index is 0.00000272. The van der Waals surface area contributed by atoms with Gasteiger partial charge in [0.2, 0.25) is 5.95 Å². The van der Waals surface area contributed by atoms with E-state index in [4.69, 9.17) is 27.9 Å². The van der Waals surface area contributed by atoms with Gasteiger partial charge in [-0.15, -0.1) is 0 Å². The van der Waals surface area contributed by atoms with E-state index in [9.17, 15) is 0 Å². The Labute approximate surface area is 210 Å². The second-order valence-corrected chi connectivity index (χ2v) is 10.4. The number of nitrogens with one attached hydrogen (secondary N) is 1. The molecule has 13 heteroatoms. The second-order valence-electron chi connectivity index (χ2n) is 7.21. The summed E-state index contributed by atoms with van der Waals surface area (Å²) in [6, 6.07) is 1.96. The van der Waals surface area contributed by atoms with Crippen molar-refractivity contribution in [1.82, 2.24) is 14.5 Å². The quantitative estimate of drug-likeness (QED) is 0.122. The first-order valence-corrected chi connectivity index (χ1v) is 14.3. The van der Waals surface area contributed by atoms with Crippen LogP contribution in [0.25, 0.3) is 11.0 Å². The van der Waals surface area contributed by atoms with Gasteiger partial charge in [-0.25, -0.2) is 4.98 Å². The Morgan fingerprint density at radius 1 is 1.59 bits per heavy atom. The third-order valence-corrected chi connectivity index (χ3v) is 6.88. The molecule has 7 nitrogen and oxygen atoms in total. The fourth-order valence-corrected chi connectivity index (χ4v) is 5.55. The smallest absolute Gasteiger partial charge is 0.229 e. The molecule has 2 aromatic heterocycles. The van der Waals surface area contributed by atoms with E-state index in [0.717, 1.165) is 17.5 Å². The molecule has 29 heavy (non-hydrogen) atoms. The molecule has 5 unspecified atom stereocenters. The zero-order valence-corrected chi connectivity index (χ0v) is 22.0. The summed E-state index contributed by atoms with van der Waals surface area (Å²) in [5.41, 5.74) is 1.09.